The van der Waals surface area contributed by atoms with Gasteiger partial charge in [0.15, 0.2) is 5.79 Å². The Hall–Kier alpha value is -1.16. The Kier molecular flexibility index (Phi) is 22.9. The molecule has 0 aliphatic carbocycles. The molecule has 3 fully saturated rings. The van der Waals surface area contributed by atoms with E-state index in [1.54, 1.807) is 0 Å². The number of unbranched alkanes of at least 4 members (excludes halogenated alkanes) is 18. The number of nitrogens with zero attached hydrogens (tertiary/aromatic N) is 1. The van der Waals surface area contributed by atoms with Gasteiger partial charge in [0.1, 0.15) is 6.10 Å². The van der Waals surface area contributed by atoms with Crippen LogP contribution in [-0.4, -0.2) is 42.0 Å². The van der Waals surface area contributed by atoms with Crippen LogP contribution in [0.3, 0.4) is 0 Å². The number of hydrogen-bond acceptors (Lipinski definition) is 3. The summed E-state index contributed by atoms with van der Waals surface area (Å²) in [5, 5.41) is 0. The van der Waals surface area contributed by atoms with E-state index in [-0.39, 0.29) is 5.79 Å². The molecule has 3 nitrogen and oxygen atoms in total. The third kappa shape index (κ3) is 16.7. The molecule has 3 rings (SSSR count). The number of ether oxygens (including phenoxy) is 2. The molecule has 3 heteroatoms. The molecule has 2 bridgehead atoms. The molecule has 48 heavy (non-hydrogen) atoms. The van der Waals surface area contributed by atoms with Gasteiger partial charge in [0.05, 0.1) is 6.10 Å². The van der Waals surface area contributed by atoms with E-state index in [0.29, 0.717) is 24.3 Å². The summed E-state index contributed by atoms with van der Waals surface area (Å²) in [6.45, 7) is 4.55. The van der Waals surface area contributed by atoms with Crippen molar-refractivity contribution in [2.24, 2.45) is 0 Å². The fraction of sp³-hybridized carbons (Fsp3) is 0.822. The summed E-state index contributed by atoms with van der Waals surface area (Å²) in [7, 11) is 2.33. The van der Waals surface area contributed by atoms with Gasteiger partial charge in [0.2, 0.25) is 0 Å². The highest BCUT2D eigenvalue weighted by Crippen LogP contribution is 2.47. The molecule has 0 saturated carbocycles. The van der Waals surface area contributed by atoms with Crippen molar-refractivity contribution in [2.75, 3.05) is 7.05 Å². The van der Waals surface area contributed by atoms with Gasteiger partial charge in [-0.05, 0) is 103 Å². The lowest BCUT2D eigenvalue weighted by Gasteiger charge is -2.37. The van der Waals surface area contributed by atoms with Crippen LogP contribution < -0.4 is 0 Å². The fourth-order valence-corrected chi connectivity index (χ4v) is 8.32. The predicted molar refractivity (Wildman–Crippen MR) is 210 cm³/mol. The van der Waals surface area contributed by atoms with Gasteiger partial charge in [-0.2, -0.15) is 0 Å². The Morgan fingerprint density at radius 3 is 1.44 bits per heavy atom. The van der Waals surface area contributed by atoms with Crippen molar-refractivity contribution in [1.29, 1.82) is 0 Å². The average Bonchev–Trinajstić information content (AvgIpc) is 3.58. The summed E-state index contributed by atoms with van der Waals surface area (Å²) in [5.74, 6) is -0.314. The first kappa shape index (κ1) is 41.3. The standard InChI is InChI=1S/C45H79NO2/c1-4-6-8-10-12-14-16-18-20-22-24-26-28-30-32-34-38-45(47-43-40-41-36-37-42(46(41)3)44(43)48-45)39-35-33-31-29-27-25-23-21-19-17-15-13-11-9-7-5-2/h12-15,18-21,41-44H,4-11,16-17,22-40H2,1-3H3/b14-12-,15-13-,20-18-,21-19-/t41?,42-,43-,44+/m1/s1. The number of piperidine rings is 1. The lowest BCUT2D eigenvalue weighted by Crippen LogP contribution is -2.51. The van der Waals surface area contributed by atoms with Crippen LogP contribution in [0.2, 0.25) is 0 Å². The van der Waals surface area contributed by atoms with Gasteiger partial charge in [0, 0.05) is 24.9 Å². The lowest BCUT2D eigenvalue weighted by molar-refractivity contribution is -0.188. The second-order valence-electron chi connectivity index (χ2n) is 15.5. The maximum atomic E-state index is 7.01. The molecule has 0 aromatic carbocycles. The molecule has 3 aliphatic heterocycles. The van der Waals surface area contributed by atoms with E-state index >= 15 is 0 Å². The summed E-state index contributed by atoms with van der Waals surface area (Å²) >= 11 is 0. The Balaban J connectivity index is 1.25. The largest absolute Gasteiger partial charge is 0.344 e. The highest BCUT2D eigenvalue weighted by atomic mass is 16.8. The Labute approximate surface area is 299 Å². The minimum atomic E-state index is -0.314. The summed E-state index contributed by atoms with van der Waals surface area (Å²) in [5.41, 5.74) is 0. The van der Waals surface area contributed by atoms with Crippen LogP contribution in [0.5, 0.6) is 0 Å². The van der Waals surface area contributed by atoms with Crippen LogP contribution in [0.15, 0.2) is 48.6 Å². The van der Waals surface area contributed by atoms with Gasteiger partial charge < -0.3 is 9.47 Å². The Morgan fingerprint density at radius 2 is 0.958 bits per heavy atom. The van der Waals surface area contributed by atoms with E-state index in [1.165, 1.54) is 161 Å². The highest BCUT2D eigenvalue weighted by Gasteiger charge is 2.56. The van der Waals surface area contributed by atoms with Crippen molar-refractivity contribution in [1.82, 2.24) is 4.90 Å². The molecular formula is C45H79NO2. The molecule has 0 spiro atoms. The predicted octanol–water partition coefficient (Wildman–Crippen LogP) is 13.7. The second-order valence-corrected chi connectivity index (χ2v) is 15.5. The third-order valence-electron chi connectivity index (χ3n) is 11.4. The summed E-state index contributed by atoms with van der Waals surface area (Å²) < 4.78 is 14.0. The molecule has 0 amide bonds. The first-order valence-corrected chi connectivity index (χ1v) is 21.4. The van der Waals surface area contributed by atoms with Crippen molar-refractivity contribution >= 4 is 0 Å². The average molecular weight is 666 g/mol. The number of likely N-dealkylation sites (N-methyl/N-ethyl adjacent to an activating group) is 1. The van der Waals surface area contributed by atoms with Crippen LogP contribution in [0.1, 0.15) is 200 Å². The zero-order chi connectivity index (χ0) is 34.0. The maximum absolute atomic E-state index is 7.01. The molecular weight excluding hydrogens is 587 g/mol. The van der Waals surface area contributed by atoms with E-state index < -0.39 is 0 Å². The summed E-state index contributed by atoms with van der Waals surface area (Å²) in [6, 6.07) is 1.28. The van der Waals surface area contributed by atoms with Gasteiger partial charge in [-0.3, -0.25) is 4.90 Å². The van der Waals surface area contributed by atoms with Crippen LogP contribution in [0.25, 0.3) is 0 Å². The Morgan fingerprint density at radius 1 is 0.521 bits per heavy atom. The van der Waals surface area contributed by atoms with E-state index in [2.05, 4.69) is 74.4 Å². The molecule has 3 heterocycles. The molecule has 0 aromatic heterocycles. The van der Waals surface area contributed by atoms with Crippen LogP contribution in [-0.2, 0) is 9.47 Å². The summed E-state index contributed by atoms with van der Waals surface area (Å²) in [4.78, 5) is 2.61. The molecule has 3 aliphatic rings. The zero-order valence-corrected chi connectivity index (χ0v) is 32.2. The van der Waals surface area contributed by atoms with Crippen molar-refractivity contribution in [3.63, 3.8) is 0 Å². The SMILES string of the molecule is CCCCC/C=C\C/C=C\CCCCCCCCC1(CCCCCCCC/C=C\C/C=C\CCCCC)O[C@H]2[C@H]3CCC(C[C@H]2O1)N3C. The van der Waals surface area contributed by atoms with Gasteiger partial charge >= 0.3 is 0 Å². The molecule has 4 atom stereocenters. The van der Waals surface area contributed by atoms with Gasteiger partial charge in [0.25, 0.3) is 0 Å². The topological polar surface area (TPSA) is 21.7 Å². The lowest BCUT2D eigenvalue weighted by atomic mass is 9.98. The maximum Gasteiger partial charge on any atom is 0.169 e. The first-order chi connectivity index (χ1) is 23.7. The molecule has 3 saturated heterocycles. The van der Waals surface area contributed by atoms with E-state index in [0.717, 1.165) is 25.7 Å². The van der Waals surface area contributed by atoms with E-state index in [9.17, 15) is 0 Å². The molecule has 0 radical (unpaired) electrons. The van der Waals surface area contributed by atoms with Gasteiger partial charge in [-0.15, -0.1) is 0 Å². The molecule has 276 valence electrons. The highest BCUT2D eigenvalue weighted by molar-refractivity contribution is 5.04. The first-order valence-electron chi connectivity index (χ1n) is 21.4. The number of rotatable bonds is 30. The normalized spacial score (nSPS) is 24.0. The monoisotopic (exact) mass is 666 g/mol. The quantitative estimate of drug-likeness (QED) is 0.0563. The van der Waals surface area contributed by atoms with Crippen LogP contribution in [0, 0.1) is 0 Å². The molecule has 0 N–H and O–H groups in total. The van der Waals surface area contributed by atoms with Crippen molar-refractivity contribution in [3.8, 4) is 0 Å². The summed E-state index contributed by atoms with van der Waals surface area (Å²) in [6.07, 6.45) is 56.7. The minimum Gasteiger partial charge on any atom is -0.344 e. The van der Waals surface area contributed by atoms with Crippen molar-refractivity contribution in [2.45, 2.75) is 230 Å². The van der Waals surface area contributed by atoms with Crippen LogP contribution >= 0.6 is 0 Å². The number of hydrogen-bond donors (Lipinski definition) is 0. The second kappa shape index (κ2) is 26.6. The van der Waals surface area contributed by atoms with Gasteiger partial charge in [-0.1, -0.05) is 140 Å². The molecule has 1 unspecified atom stereocenters. The minimum absolute atomic E-state index is 0.294. The van der Waals surface area contributed by atoms with E-state index in [4.69, 9.17) is 9.47 Å². The van der Waals surface area contributed by atoms with Crippen molar-refractivity contribution in [3.05, 3.63) is 48.6 Å². The zero-order valence-electron chi connectivity index (χ0n) is 32.2. The van der Waals surface area contributed by atoms with E-state index in [1.807, 2.05) is 0 Å². The van der Waals surface area contributed by atoms with Gasteiger partial charge in [-0.25, -0.2) is 0 Å². The Bertz CT molecular complexity index is 841. The van der Waals surface area contributed by atoms with Crippen molar-refractivity contribution < 1.29 is 9.47 Å². The molecule has 0 aromatic rings. The number of allylic oxidation sites excluding steroid dienone is 8. The smallest absolute Gasteiger partial charge is 0.169 e. The number of fused-ring (bicyclic) bond motifs is 4. The fourth-order valence-electron chi connectivity index (χ4n) is 8.32. The van der Waals surface area contributed by atoms with Crippen LogP contribution in [0.4, 0.5) is 0 Å². The third-order valence-corrected chi connectivity index (χ3v) is 11.4.